The third-order valence-corrected chi connectivity index (χ3v) is 2.53. The first-order valence-electron chi connectivity index (χ1n) is 5.42. The molecule has 1 rings (SSSR count). The summed E-state index contributed by atoms with van der Waals surface area (Å²) < 4.78 is 28.5. The summed E-state index contributed by atoms with van der Waals surface area (Å²) in [6.07, 6.45) is 0.682. The number of hydrogen-bond acceptors (Lipinski definition) is 5. The highest BCUT2D eigenvalue weighted by molar-refractivity contribution is 7.61. The lowest BCUT2D eigenvalue weighted by atomic mass is 10.1. The summed E-state index contributed by atoms with van der Waals surface area (Å²) in [5.41, 5.74) is -0.715. The standard InChI is InChI=1S/C5H9NO3S.C5H11NO2/c1-9-4-5(2-3-5)6-10(7)8;1-5(2,3)6-4(7)8/h2-4H2,1H3;6H,1-3H3,(H,7,8). The molecule has 0 heterocycles. The highest BCUT2D eigenvalue weighted by Crippen LogP contribution is 2.39. The van der Waals surface area contributed by atoms with Gasteiger partial charge in [-0.2, -0.15) is 12.8 Å². The molecular weight excluding hydrogens is 260 g/mol. The molecular formula is C10H20N2O5S. The minimum Gasteiger partial charge on any atom is -0.465 e. The van der Waals surface area contributed by atoms with Crippen LogP contribution in [0.4, 0.5) is 4.79 Å². The van der Waals surface area contributed by atoms with E-state index in [1.807, 2.05) is 0 Å². The maximum atomic E-state index is 10.1. The molecule has 0 atom stereocenters. The Bertz CT molecular complexity index is 398. The number of carbonyl (C=O) groups is 1. The summed E-state index contributed by atoms with van der Waals surface area (Å²) in [6, 6.07) is 0. The highest BCUT2D eigenvalue weighted by Gasteiger charge is 2.43. The molecule has 7 nitrogen and oxygen atoms in total. The summed E-state index contributed by atoms with van der Waals surface area (Å²) in [5, 5.41) is 10.4. The van der Waals surface area contributed by atoms with Gasteiger partial charge in [-0.25, -0.2) is 4.79 Å². The Morgan fingerprint density at radius 2 is 1.94 bits per heavy atom. The Morgan fingerprint density at radius 3 is 2.11 bits per heavy atom. The summed E-state index contributed by atoms with van der Waals surface area (Å²) >= 11 is 0. The fourth-order valence-electron chi connectivity index (χ4n) is 1.15. The second-order valence-electron chi connectivity index (χ2n) is 5.15. The minimum absolute atomic E-state index is 0.328. The van der Waals surface area contributed by atoms with Gasteiger partial charge in [0.15, 0.2) is 0 Å². The summed E-state index contributed by atoms with van der Waals surface area (Å²) in [4.78, 5) is 9.90. The summed E-state index contributed by atoms with van der Waals surface area (Å²) in [7, 11) is -0.734. The molecule has 2 N–H and O–H groups in total. The van der Waals surface area contributed by atoms with E-state index in [1.165, 1.54) is 0 Å². The van der Waals surface area contributed by atoms with Crippen LogP contribution < -0.4 is 5.32 Å². The molecule has 0 aliphatic heterocycles. The molecule has 0 unspecified atom stereocenters. The van der Waals surface area contributed by atoms with Crippen LogP contribution in [-0.4, -0.2) is 44.4 Å². The van der Waals surface area contributed by atoms with Crippen molar-refractivity contribution in [3.63, 3.8) is 0 Å². The molecule has 106 valence electrons. The van der Waals surface area contributed by atoms with E-state index in [-0.39, 0.29) is 11.1 Å². The lowest BCUT2D eigenvalue weighted by Gasteiger charge is -2.16. The first-order chi connectivity index (χ1) is 8.10. The maximum Gasteiger partial charge on any atom is 0.405 e. The molecule has 1 saturated carbocycles. The van der Waals surface area contributed by atoms with Gasteiger partial charge in [-0.1, -0.05) is 0 Å². The van der Waals surface area contributed by atoms with Crippen molar-refractivity contribution in [3.8, 4) is 0 Å². The van der Waals surface area contributed by atoms with Crippen molar-refractivity contribution in [2.45, 2.75) is 44.7 Å². The SMILES string of the molecule is CC(C)(C)NC(=O)O.COCC1(N=S(=O)=O)CC1. The second-order valence-corrected chi connectivity index (χ2v) is 5.76. The van der Waals surface area contributed by atoms with Crippen LogP contribution in [0, 0.1) is 0 Å². The minimum atomic E-state index is -2.28. The first-order valence-corrected chi connectivity index (χ1v) is 6.46. The number of amides is 1. The molecule has 8 heteroatoms. The van der Waals surface area contributed by atoms with E-state index in [0.29, 0.717) is 6.61 Å². The summed E-state index contributed by atoms with van der Waals surface area (Å²) in [6.45, 7) is 5.80. The van der Waals surface area contributed by atoms with Gasteiger partial charge in [-0.3, -0.25) is 0 Å². The molecule has 0 aromatic rings. The van der Waals surface area contributed by atoms with Gasteiger partial charge in [-0.15, -0.1) is 0 Å². The van der Waals surface area contributed by atoms with Crippen molar-refractivity contribution >= 4 is 16.6 Å². The van der Waals surface area contributed by atoms with Crippen molar-refractivity contribution in [1.29, 1.82) is 0 Å². The molecule has 1 aliphatic carbocycles. The van der Waals surface area contributed by atoms with Gasteiger partial charge >= 0.3 is 16.6 Å². The predicted molar refractivity (Wildman–Crippen MR) is 66.1 cm³/mol. The Morgan fingerprint density at radius 1 is 1.44 bits per heavy atom. The van der Waals surface area contributed by atoms with Crippen molar-refractivity contribution < 1.29 is 23.1 Å². The number of carboxylic acid groups (broad SMARTS) is 1. The zero-order chi connectivity index (χ0) is 14.4. The lowest BCUT2D eigenvalue weighted by molar-refractivity contribution is 0.174. The number of hydrogen-bond donors (Lipinski definition) is 2. The van der Waals surface area contributed by atoms with Gasteiger partial charge in [0.05, 0.1) is 6.61 Å². The summed E-state index contributed by atoms with van der Waals surface area (Å²) in [5.74, 6) is 0. The maximum absolute atomic E-state index is 10.1. The average molecular weight is 280 g/mol. The fourth-order valence-corrected chi connectivity index (χ4v) is 1.71. The molecule has 18 heavy (non-hydrogen) atoms. The van der Waals surface area contributed by atoms with Crippen molar-refractivity contribution in [1.82, 2.24) is 5.32 Å². The number of ether oxygens (including phenoxy) is 1. The number of rotatable bonds is 3. The van der Waals surface area contributed by atoms with E-state index in [9.17, 15) is 13.2 Å². The van der Waals surface area contributed by atoms with Gasteiger partial charge in [0.25, 0.3) is 0 Å². The molecule has 1 aliphatic rings. The van der Waals surface area contributed by atoms with Crippen LogP contribution in [0.3, 0.4) is 0 Å². The highest BCUT2D eigenvalue weighted by atomic mass is 32.2. The quantitative estimate of drug-likeness (QED) is 0.810. The Labute approximate surface area is 108 Å². The Hall–Kier alpha value is -1.15. The molecule has 1 amide bonds. The molecule has 0 bridgehead atoms. The smallest absolute Gasteiger partial charge is 0.405 e. The van der Waals surface area contributed by atoms with Crippen LogP contribution in [0.25, 0.3) is 0 Å². The topological polar surface area (TPSA) is 105 Å². The van der Waals surface area contributed by atoms with E-state index in [1.54, 1.807) is 27.9 Å². The van der Waals surface area contributed by atoms with Crippen LogP contribution in [-0.2, 0) is 15.2 Å². The van der Waals surface area contributed by atoms with Crippen molar-refractivity contribution in [2.75, 3.05) is 13.7 Å². The molecule has 0 spiro atoms. The van der Waals surface area contributed by atoms with Gasteiger partial charge in [0.1, 0.15) is 5.54 Å². The van der Waals surface area contributed by atoms with E-state index in [4.69, 9.17) is 9.84 Å². The molecule has 0 saturated heterocycles. The van der Waals surface area contributed by atoms with Gasteiger partial charge in [0.2, 0.25) is 0 Å². The number of nitrogens with one attached hydrogen (secondary N) is 1. The van der Waals surface area contributed by atoms with Gasteiger partial charge in [0, 0.05) is 12.6 Å². The zero-order valence-corrected chi connectivity index (χ0v) is 11.9. The van der Waals surface area contributed by atoms with E-state index in [0.717, 1.165) is 12.8 Å². The third-order valence-electron chi connectivity index (χ3n) is 1.99. The fraction of sp³-hybridized carbons (Fsp3) is 0.900. The average Bonchev–Trinajstić information content (AvgIpc) is 2.79. The van der Waals surface area contributed by atoms with E-state index < -0.39 is 16.6 Å². The van der Waals surface area contributed by atoms with Crippen LogP contribution in [0.15, 0.2) is 4.36 Å². The Balaban J connectivity index is 0.000000331. The van der Waals surface area contributed by atoms with Crippen molar-refractivity contribution in [3.05, 3.63) is 0 Å². The van der Waals surface area contributed by atoms with Crippen LogP contribution in [0.2, 0.25) is 0 Å². The van der Waals surface area contributed by atoms with E-state index >= 15 is 0 Å². The van der Waals surface area contributed by atoms with Gasteiger partial charge < -0.3 is 15.2 Å². The van der Waals surface area contributed by atoms with E-state index in [2.05, 4.69) is 9.68 Å². The molecule has 0 aromatic heterocycles. The largest absolute Gasteiger partial charge is 0.465 e. The Kier molecular flexibility index (Phi) is 6.27. The lowest BCUT2D eigenvalue weighted by Crippen LogP contribution is -2.39. The molecule has 0 aromatic carbocycles. The molecule has 0 radical (unpaired) electrons. The second kappa shape index (κ2) is 6.69. The first kappa shape index (κ1) is 16.9. The third kappa shape index (κ3) is 8.94. The van der Waals surface area contributed by atoms with Crippen molar-refractivity contribution in [2.24, 2.45) is 4.36 Å². The van der Waals surface area contributed by atoms with Gasteiger partial charge in [-0.05, 0) is 33.6 Å². The van der Waals surface area contributed by atoms with Crippen LogP contribution in [0.1, 0.15) is 33.6 Å². The predicted octanol–water partition coefficient (Wildman–Crippen LogP) is 1.28. The zero-order valence-electron chi connectivity index (χ0n) is 11.1. The van der Waals surface area contributed by atoms with Crippen LogP contribution in [0.5, 0.6) is 0 Å². The normalized spacial score (nSPS) is 16.0. The van der Waals surface area contributed by atoms with Crippen LogP contribution >= 0.6 is 0 Å². The number of methoxy groups -OCH3 is 1. The number of nitrogens with zero attached hydrogens (tertiary/aromatic N) is 1. The monoisotopic (exact) mass is 280 g/mol. The molecule has 1 fully saturated rings.